The lowest BCUT2D eigenvalue weighted by Gasteiger charge is -2.44. The molecule has 2 aliphatic carbocycles. The van der Waals surface area contributed by atoms with Gasteiger partial charge < -0.3 is 10.4 Å². The summed E-state index contributed by atoms with van der Waals surface area (Å²) in [5.74, 6) is 1.56. The summed E-state index contributed by atoms with van der Waals surface area (Å²) in [5, 5.41) is 13.7. The molecule has 2 saturated carbocycles. The van der Waals surface area contributed by atoms with Crippen LogP contribution in [0.4, 0.5) is 0 Å². The summed E-state index contributed by atoms with van der Waals surface area (Å²) in [4.78, 5) is 0. The van der Waals surface area contributed by atoms with Crippen LogP contribution < -0.4 is 5.32 Å². The highest BCUT2D eigenvalue weighted by molar-refractivity contribution is 4.96. The van der Waals surface area contributed by atoms with Crippen LogP contribution in [0.5, 0.6) is 0 Å². The first-order valence-corrected chi connectivity index (χ1v) is 8.04. The molecule has 0 aromatic carbocycles. The van der Waals surface area contributed by atoms with Gasteiger partial charge in [0.15, 0.2) is 0 Å². The van der Waals surface area contributed by atoms with Gasteiger partial charge >= 0.3 is 0 Å². The number of rotatable bonds is 3. The van der Waals surface area contributed by atoms with Gasteiger partial charge in [0.05, 0.1) is 6.61 Å². The smallest absolute Gasteiger partial charge is 0.0613 e. The first-order chi connectivity index (χ1) is 8.65. The molecule has 2 N–H and O–H groups in total. The average Bonchev–Trinajstić information content (AvgIpc) is 2.63. The van der Waals surface area contributed by atoms with Gasteiger partial charge in [-0.2, -0.15) is 0 Å². The summed E-state index contributed by atoms with van der Waals surface area (Å²) >= 11 is 0. The molecule has 18 heavy (non-hydrogen) atoms. The van der Waals surface area contributed by atoms with E-state index in [-0.39, 0.29) is 5.54 Å². The Kier molecular flexibility index (Phi) is 5.08. The van der Waals surface area contributed by atoms with Crippen molar-refractivity contribution in [3.05, 3.63) is 0 Å². The number of nitrogens with one attached hydrogen (secondary N) is 1. The van der Waals surface area contributed by atoms with Crippen molar-refractivity contribution in [2.24, 2.45) is 11.8 Å². The molecule has 3 unspecified atom stereocenters. The molecule has 2 rings (SSSR count). The van der Waals surface area contributed by atoms with Crippen LogP contribution in [0, 0.1) is 11.8 Å². The second-order valence-electron chi connectivity index (χ2n) is 6.97. The SMILES string of the molecule is CC1CCC(CO)(NC2CCCCCC2)CC1C. The minimum absolute atomic E-state index is 0.0287. The van der Waals surface area contributed by atoms with Crippen LogP contribution in [0.25, 0.3) is 0 Å². The molecular weight excluding hydrogens is 222 g/mol. The van der Waals surface area contributed by atoms with Gasteiger partial charge in [-0.1, -0.05) is 39.5 Å². The van der Waals surface area contributed by atoms with E-state index in [2.05, 4.69) is 19.2 Å². The van der Waals surface area contributed by atoms with Crippen LogP contribution in [-0.2, 0) is 0 Å². The van der Waals surface area contributed by atoms with E-state index < -0.39 is 0 Å². The van der Waals surface area contributed by atoms with E-state index >= 15 is 0 Å². The lowest BCUT2D eigenvalue weighted by Crippen LogP contribution is -2.56. The lowest BCUT2D eigenvalue weighted by atomic mass is 9.71. The molecule has 0 saturated heterocycles. The van der Waals surface area contributed by atoms with E-state index in [9.17, 15) is 5.11 Å². The maximum atomic E-state index is 9.88. The molecule has 2 aliphatic rings. The van der Waals surface area contributed by atoms with Crippen molar-refractivity contribution in [1.82, 2.24) is 5.32 Å². The summed E-state index contributed by atoms with van der Waals surface area (Å²) in [5.41, 5.74) is 0.0287. The van der Waals surface area contributed by atoms with E-state index in [1.165, 1.54) is 44.9 Å². The first kappa shape index (κ1) is 14.3. The third kappa shape index (κ3) is 3.48. The quantitative estimate of drug-likeness (QED) is 0.755. The van der Waals surface area contributed by atoms with E-state index in [0.717, 1.165) is 24.7 Å². The van der Waals surface area contributed by atoms with E-state index in [0.29, 0.717) is 12.6 Å². The molecule has 3 atom stereocenters. The predicted molar refractivity (Wildman–Crippen MR) is 76.6 cm³/mol. The molecule has 0 aromatic heterocycles. The van der Waals surface area contributed by atoms with Crippen LogP contribution in [0.2, 0.25) is 0 Å². The number of aliphatic hydroxyl groups excluding tert-OH is 1. The fraction of sp³-hybridized carbons (Fsp3) is 1.00. The molecule has 0 spiro atoms. The van der Waals surface area contributed by atoms with Gasteiger partial charge in [0.1, 0.15) is 0 Å². The van der Waals surface area contributed by atoms with Gasteiger partial charge in [-0.3, -0.25) is 0 Å². The van der Waals surface area contributed by atoms with Crippen molar-refractivity contribution >= 4 is 0 Å². The van der Waals surface area contributed by atoms with Crippen LogP contribution in [0.3, 0.4) is 0 Å². The Morgan fingerprint density at radius 1 is 1.00 bits per heavy atom. The molecule has 2 fully saturated rings. The highest BCUT2D eigenvalue weighted by Gasteiger charge is 2.38. The Bertz CT molecular complexity index is 247. The van der Waals surface area contributed by atoms with Gasteiger partial charge in [0, 0.05) is 11.6 Å². The van der Waals surface area contributed by atoms with Gasteiger partial charge in [0.25, 0.3) is 0 Å². The van der Waals surface area contributed by atoms with Crippen LogP contribution >= 0.6 is 0 Å². The average molecular weight is 253 g/mol. The molecule has 0 bridgehead atoms. The zero-order chi connectivity index (χ0) is 13.0. The summed E-state index contributed by atoms with van der Waals surface area (Å²) in [6.45, 7) is 5.03. The highest BCUT2D eigenvalue weighted by atomic mass is 16.3. The Hall–Kier alpha value is -0.0800. The van der Waals surface area contributed by atoms with E-state index in [1.807, 2.05) is 0 Å². The molecule has 0 radical (unpaired) electrons. The molecular formula is C16H31NO. The van der Waals surface area contributed by atoms with Gasteiger partial charge in [-0.15, -0.1) is 0 Å². The Labute approximate surface area is 113 Å². The Morgan fingerprint density at radius 2 is 1.67 bits per heavy atom. The summed E-state index contributed by atoms with van der Waals surface area (Å²) < 4.78 is 0. The topological polar surface area (TPSA) is 32.3 Å². The van der Waals surface area contributed by atoms with Crippen molar-refractivity contribution in [1.29, 1.82) is 0 Å². The molecule has 0 aliphatic heterocycles. The minimum Gasteiger partial charge on any atom is -0.394 e. The standard InChI is InChI=1S/C16H31NO/c1-13-9-10-16(12-18,11-14(13)2)17-15-7-5-3-4-6-8-15/h13-15,17-18H,3-12H2,1-2H3. The normalized spacial score (nSPS) is 39.5. The zero-order valence-electron chi connectivity index (χ0n) is 12.3. The molecule has 106 valence electrons. The van der Waals surface area contributed by atoms with Crippen molar-refractivity contribution in [3.8, 4) is 0 Å². The number of aliphatic hydroxyl groups is 1. The highest BCUT2D eigenvalue weighted by Crippen LogP contribution is 2.37. The van der Waals surface area contributed by atoms with Crippen LogP contribution in [0.15, 0.2) is 0 Å². The third-order valence-electron chi connectivity index (χ3n) is 5.43. The van der Waals surface area contributed by atoms with Crippen molar-refractivity contribution in [3.63, 3.8) is 0 Å². The largest absolute Gasteiger partial charge is 0.394 e. The minimum atomic E-state index is 0.0287. The second-order valence-corrected chi connectivity index (χ2v) is 6.97. The molecule has 0 amide bonds. The third-order valence-corrected chi connectivity index (χ3v) is 5.43. The summed E-state index contributed by atoms with van der Waals surface area (Å²) in [6.07, 6.45) is 11.7. The van der Waals surface area contributed by atoms with Crippen molar-refractivity contribution in [2.45, 2.75) is 83.2 Å². The molecule has 2 nitrogen and oxygen atoms in total. The molecule has 2 heteroatoms. The predicted octanol–water partition coefficient (Wildman–Crippen LogP) is 3.49. The zero-order valence-corrected chi connectivity index (χ0v) is 12.3. The lowest BCUT2D eigenvalue weighted by molar-refractivity contribution is 0.0646. The molecule has 0 aromatic rings. The van der Waals surface area contributed by atoms with Gasteiger partial charge in [-0.25, -0.2) is 0 Å². The van der Waals surface area contributed by atoms with Gasteiger partial charge in [-0.05, 0) is 43.9 Å². The summed E-state index contributed by atoms with van der Waals surface area (Å²) in [7, 11) is 0. The fourth-order valence-electron chi connectivity index (χ4n) is 3.89. The second kappa shape index (κ2) is 6.38. The first-order valence-electron chi connectivity index (χ1n) is 8.04. The Morgan fingerprint density at radius 3 is 2.22 bits per heavy atom. The van der Waals surface area contributed by atoms with Gasteiger partial charge in [0.2, 0.25) is 0 Å². The van der Waals surface area contributed by atoms with Crippen LogP contribution in [0.1, 0.15) is 71.6 Å². The fourth-order valence-corrected chi connectivity index (χ4v) is 3.89. The maximum Gasteiger partial charge on any atom is 0.0613 e. The monoisotopic (exact) mass is 253 g/mol. The van der Waals surface area contributed by atoms with Crippen molar-refractivity contribution < 1.29 is 5.11 Å². The van der Waals surface area contributed by atoms with E-state index in [4.69, 9.17) is 0 Å². The van der Waals surface area contributed by atoms with E-state index in [1.54, 1.807) is 0 Å². The Balaban J connectivity index is 1.94. The summed E-state index contributed by atoms with van der Waals surface area (Å²) in [6, 6.07) is 0.653. The number of hydrogen-bond donors (Lipinski definition) is 2. The van der Waals surface area contributed by atoms with Crippen molar-refractivity contribution in [2.75, 3.05) is 6.61 Å². The maximum absolute atomic E-state index is 9.88. The number of hydrogen-bond acceptors (Lipinski definition) is 2. The van der Waals surface area contributed by atoms with Crippen LogP contribution in [-0.4, -0.2) is 23.3 Å². The molecule has 0 heterocycles.